The van der Waals surface area contributed by atoms with Crippen LogP contribution in [-0.4, -0.2) is 38.0 Å². The second-order valence-electron chi connectivity index (χ2n) is 6.68. The van der Waals surface area contributed by atoms with Gasteiger partial charge in [-0.25, -0.2) is 12.7 Å². The van der Waals surface area contributed by atoms with Gasteiger partial charge in [-0.15, -0.1) is 0 Å². The summed E-state index contributed by atoms with van der Waals surface area (Å²) in [5.41, 5.74) is 3.19. The molecule has 0 spiro atoms. The summed E-state index contributed by atoms with van der Waals surface area (Å²) in [6.07, 6.45) is 8.90. The average molecular weight is 365 g/mol. The van der Waals surface area contributed by atoms with E-state index in [9.17, 15) is 13.2 Å². The van der Waals surface area contributed by atoms with Crippen molar-refractivity contribution in [3.05, 3.63) is 41.5 Å². The zero-order chi connectivity index (χ0) is 18.3. The Morgan fingerprint density at radius 3 is 2.48 bits per heavy atom. The fourth-order valence-electron chi connectivity index (χ4n) is 2.93. The molecule has 0 radical (unpaired) electrons. The number of amides is 1. The van der Waals surface area contributed by atoms with E-state index in [0.29, 0.717) is 6.54 Å². The maximum atomic E-state index is 12.1. The van der Waals surface area contributed by atoms with Crippen LogP contribution in [0.15, 0.2) is 35.9 Å². The van der Waals surface area contributed by atoms with Crippen molar-refractivity contribution in [2.45, 2.75) is 45.4 Å². The Bertz CT molecular complexity index is 709. The van der Waals surface area contributed by atoms with Crippen LogP contribution in [0.3, 0.4) is 0 Å². The first kappa shape index (κ1) is 19.7. The SMILES string of the molecule is Cc1ccc(NC(=O)CCN(CCC2=CCCCC2)S(C)(=O)=O)cc1. The minimum absolute atomic E-state index is 0.153. The fourth-order valence-corrected chi connectivity index (χ4v) is 3.78. The van der Waals surface area contributed by atoms with E-state index in [1.807, 2.05) is 31.2 Å². The molecule has 0 aromatic heterocycles. The van der Waals surface area contributed by atoms with Gasteiger partial charge in [-0.05, 0) is 51.2 Å². The second-order valence-corrected chi connectivity index (χ2v) is 8.67. The topological polar surface area (TPSA) is 66.5 Å². The second kappa shape index (κ2) is 9.15. The number of rotatable bonds is 8. The predicted molar refractivity (Wildman–Crippen MR) is 102 cm³/mol. The van der Waals surface area contributed by atoms with Gasteiger partial charge in [0.25, 0.3) is 0 Å². The molecule has 0 atom stereocenters. The number of hydrogen-bond acceptors (Lipinski definition) is 3. The van der Waals surface area contributed by atoms with Crippen LogP contribution in [0, 0.1) is 6.92 Å². The quantitative estimate of drug-likeness (QED) is 0.718. The highest BCUT2D eigenvalue weighted by Gasteiger charge is 2.18. The van der Waals surface area contributed by atoms with Gasteiger partial charge >= 0.3 is 0 Å². The molecule has 1 aromatic carbocycles. The lowest BCUT2D eigenvalue weighted by Gasteiger charge is -2.21. The molecule has 0 bridgehead atoms. The van der Waals surface area contributed by atoms with Gasteiger partial charge in [0.05, 0.1) is 6.26 Å². The lowest BCUT2D eigenvalue weighted by Crippen LogP contribution is -2.34. The molecule has 0 fully saturated rings. The van der Waals surface area contributed by atoms with Crippen molar-refractivity contribution in [2.24, 2.45) is 0 Å². The van der Waals surface area contributed by atoms with Crippen LogP contribution in [0.25, 0.3) is 0 Å². The van der Waals surface area contributed by atoms with Gasteiger partial charge < -0.3 is 5.32 Å². The summed E-state index contributed by atoms with van der Waals surface area (Å²) < 4.78 is 25.4. The van der Waals surface area contributed by atoms with Crippen molar-refractivity contribution < 1.29 is 13.2 Å². The number of nitrogens with zero attached hydrogens (tertiary/aromatic N) is 1. The summed E-state index contributed by atoms with van der Waals surface area (Å²) in [6.45, 7) is 2.64. The molecule has 0 unspecified atom stereocenters. The van der Waals surface area contributed by atoms with Crippen LogP contribution >= 0.6 is 0 Å². The van der Waals surface area contributed by atoms with Gasteiger partial charge in [0, 0.05) is 25.2 Å². The fraction of sp³-hybridized carbons (Fsp3) is 0.526. The Morgan fingerprint density at radius 2 is 1.88 bits per heavy atom. The maximum Gasteiger partial charge on any atom is 0.225 e. The number of sulfonamides is 1. The molecule has 1 aromatic rings. The van der Waals surface area contributed by atoms with E-state index in [-0.39, 0.29) is 18.9 Å². The molecule has 1 N–H and O–H groups in total. The van der Waals surface area contributed by atoms with E-state index in [4.69, 9.17) is 0 Å². The van der Waals surface area contributed by atoms with Crippen LogP contribution < -0.4 is 5.32 Å². The van der Waals surface area contributed by atoms with Gasteiger partial charge in [-0.2, -0.15) is 0 Å². The van der Waals surface area contributed by atoms with Crippen molar-refractivity contribution in [3.8, 4) is 0 Å². The number of benzene rings is 1. The third-order valence-electron chi connectivity index (χ3n) is 4.46. The zero-order valence-corrected chi connectivity index (χ0v) is 15.9. The number of allylic oxidation sites excluding steroid dienone is 1. The predicted octanol–water partition coefficient (Wildman–Crippen LogP) is 3.48. The summed E-state index contributed by atoms with van der Waals surface area (Å²) in [7, 11) is -3.31. The van der Waals surface area contributed by atoms with E-state index in [1.165, 1.54) is 29.0 Å². The highest BCUT2D eigenvalue weighted by atomic mass is 32.2. The van der Waals surface area contributed by atoms with E-state index in [1.54, 1.807) is 0 Å². The van der Waals surface area contributed by atoms with Gasteiger partial charge in [-0.1, -0.05) is 29.3 Å². The van der Waals surface area contributed by atoms with Gasteiger partial charge in [0.1, 0.15) is 0 Å². The summed E-state index contributed by atoms with van der Waals surface area (Å²) >= 11 is 0. The normalized spacial score (nSPS) is 15.1. The van der Waals surface area contributed by atoms with Crippen molar-refractivity contribution in [2.75, 3.05) is 24.7 Å². The Hall–Kier alpha value is -1.66. The van der Waals surface area contributed by atoms with Crippen molar-refractivity contribution in [1.29, 1.82) is 0 Å². The highest BCUT2D eigenvalue weighted by Crippen LogP contribution is 2.20. The van der Waals surface area contributed by atoms with Crippen LogP contribution in [0.4, 0.5) is 5.69 Å². The lowest BCUT2D eigenvalue weighted by atomic mass is 9.97. The van der Waals surface area contributed by atoms with E-state index >= 15 is 0 Å². The molecule has 6 heteroatoms. The zero-order valence-electron chi connectivity index (χ0n) is 15.1. The van der Waals surface area contributed by atoms with Crippen LogP contribution in [0.2, 0.25) is 0 Å². The minimum Gasteiger partial charge on any atom is -0.326 e. The number of anilines is 1. The first-order valence-corrected chi connectivity index (χ1v) is 10.7. The Kier molecular flexibility index (Phi) is 7.20. The molecule has 1 amide bonds. The Labute approximate surface area is 151 Å². The first-order chi connectivity index (χ1) is 11.8. The molecular weight excluding hydrogens is 336 g/mol. The number of aryl methyl sites for hydroxylation is 1. The molecular formula is C19H28N2O3S. The van der Waals surface area contributed by atoms with Gasteiger partial charge in [-0.3, -0.25) is 4.79 Å². The molecule has 0 saturated carbocycles. The smallest absolute Gasteiger partial charge is 0.225 e. The summed E-state index contributed by atoms with van der Waals surface area (Å²) in [6, 6.07) is 7.54. The summed E-state index contributed by atoms with van der Waals surface area (Å²) in [5.74, 6) is -0.172. The standard InChI is InChI=1S/C19H28N2O3S/c1-16-8-10-18(11-9-16)20-19(22)13-15-21(25(2,23)24)14-12-17-6-4-3-5-7-17/h6,8-11H,3-5,7,12-15H2,1-2H3,(H,20,22). The monoisotopic (exact) mass is 364 g/mol. The van der Waals surface area contributed by atoms with Gasteiger partial charge in [0.15, 0.2) is 0 Å². The van der Waals surface area contributed by atoms with E-state index in [0.717, 1.165) is 30.5 Å². The highest BCUT2D eigenvalue weighted by molar-refractivity contribution is 7.88. The average Bonchev–Trinajstić information content (AvgIpc) is 2.56. The van der Waals surface area contributed by atoms with Crippen molar-refractivity contribution in [1.82, 2.24) is 4.31 Å². The van der Waals surface area contributed by atoms with E-state index in [2.05, 4.69) is 11.4 Å². The number of carbonyl (C=O) groups is 1. The van der Waals surface area contributed by atoms with Crippen LogP contribution in [0.1, 0.15) is 44.1 Å². The third-order valence-corrected chi connectivity index (χ3v) is 5.76. The first-order valence-electron chi connectivity index (χ1n) is 8.84. The summed E-state index contributed by atoms with van der Waals surface area (Å²) in [5, 5.41) is 2.81. The molecule has 138 valence electrons. The van der Waals surface area contributed by atoms with Crippen LogP contribution in [0.5, 0.6) is 0 Å². The molecule has 1 aliphatic carbocycles. The summed E-state index contributed by atoms with van der Waals surface area (Å²) in [4.78, 5) is 12.1. The van der Waals surface area contributed by atoms with Crippen LogP contribution in [-0.2, 0) is 14.8 Å². The minimum atomic E-state index is -3.31. The van der Waals surface area contributed by atoms with Crippen molar-refractivity contribution in [3.63, 3.8) is 0 Å². The molecule has 2 rings (SSSR count). The van der Waals surface area contributed by atoms with E-state index < -0.39 is 10.0 Å². The Balaban J connectivity index is 1.85. The number of hydrogen-bond donors (Lipinski definition) is 1. The van der Waals surface area contributed by atoms with Crippen molar-refractivity contribution >= 4 is 21.6 Å². The Morgan fingerprint density at radius 1 is 1.16 bits per heavy atom. The molecule has 0 saturated heterocycles. The lowest BCUT2D eigenvalue weighted by molar-refractivity contribution is -0.116. The number of carbonyl (C=O) groups excluding carboxylic acids is 1. The van der Waals surface area contributed by atoms with Gasteiger partial charge in [0.2, 0.25) is 15.9 Å². The maximum absolute atomic E-state index is 12.1. The molecule has 0 heterocycles. The largest absolute Gasteiger partial charge is 0.326 e. The molecule has 0 aliphatic heterocycles. The molecule has 1 aliphatic rings. The number of nitrogens with one attached hydrogen (secondary N) is 1. The third kappa shape index (κ3) is 7.00. The molecule has 25 heavy (non-hydrogen) atoms. The molecule has 5 nitrogen and oxygen atoms in total.